The van der Waals surface area contributed by atoms with Gasteiger partial charge >= 0.3 is 12.3 Å². The number of carbonyl (C=O) groups excluding carboxylic acids is 2. The van der Waals surface area contributed by atoms with Crippen LogP contribution >= 0.6 is 0 Å². The molecular weight excluding hydrogens is 397 g/mol. The van der Waals surface area contributed by atoms with E-state index >= 15 is 0 Å². The minimum Gasteiger partial charge on any atom is -0.447 e. The molecule has 5 nitrogen and oxygen atoms in total. The van der Waals surface area contributed by atoms with Crippen LogP contribution in [0.25, 0.3) is 0 Å². The zero-order valence-electron chi connectivity index (χ0n) is 16.6. The van der Waals surface area contributed by atoms with Crippen LogP contribution in [0, 0.1) is 11.3 Å². The number of amides is 2. The van der Waals surface area contributed by atoms with Gasteiger partial charge in [-0.05, 0) is 61.5 Å². The molecule has 8 heteroatoms. The van der Waals surface area contributed by atoms with E-state index in [2.05, 4.69) is 5.32 Å². The fourth-order valence-corrected chi connectivity index (χ4v) is 5.83. The Kier molecular flexibility index (Phi) is 4.35. The largest absolute Gasteiger partial charge is 0.447 e. The predicted molar refractivity (Wildman–Crippen MR) is 102 cm³/mol. The molecule has 2 heterocycles. The highest BCUT2D eigenvalue weighted by molar-refractivity contribution is 5.81. The van der Waals surface area contributed by atoms with E-state index in [1.807, 2.05) is 4.90 Å². The summed E-state index contributed by atoms with van der Waals surface area (Å²) in [6.07, 6.45) is 0.168. The fraction of sp³-hybridized carbons (Fsp3) is 0.636. The van der Waals surface area contributed by atoms with Crippen molar-refractivity contribution in [2.75, 3.05) is 19.7 Å². The van der Waals surface area contributed by atoms with E-state index in [1.54, 1.807) is 6.07 Å². The Morgan fingerprint density at radius 1 is 1.13 bits per heavy atom. The molecule has 1 aromatic rings. The van der Waals surface area contributed by atoms with Gasteiger partial charge in [0.1, 0.15) is 6.61 Å². The van der Waals surface area contributed by atoms with E-state index in [-0.39, 0.29) is 28.7 Å². The second-order valence-corrected chi connectivity index (χ2v) is 9.64. The van der Waals surface area contributed by atoms with Crippen molar-refractivity contribution in [3.05, 3.63) is 35.4 Å². The second kappa shape index (κ2) is 6.62. The van der Waals surface area contributed by atoms with Crippen molar-refractivity contribution in [3.63, 3.8) is 0 Å². The lowest BCUT2D eigenvalue weighted by molar-refractivity contribution is -0.144. The van der Waals surface area contributed by atoms with Gasteiger partial charge in [0.25, 0.3) is 0 Å². The Balaban J connectivity index is 1.12. The number of likely N-dealkylation sites (tertiary alicyclic amines) is 1. The highest BCUT2D eigenvalue weighted by Gasteiger charge is 2.54. The first-order valence-corrected chi connectivity index (χ1v) is 10.6. The summed E-state index contributed by atoms with van der Waals surface area (Å²) in [4.78, 5) is 26.0. The van der Waals surface area contributed by atoms with Crippen molar-refractivity contribution < 1.29 is 27.5 Å². The molecule has 162 valence electrons. The van der Waals surface area contributed by atoms with Gasteiger partial charge in [-0.2, -0.15) is 13.2 Å². The molecule has 30 heavy (non-hydrogen) atoms. The van der Waals surface area contributed by atoms with Crippen LogP contribution in [0.5, 0.6) is 0 Å². The smallest absolute Gasteiger partial charge is 0.416 e. The number of alkyl carbamates (subject to hydrolysis) is 1. The van der Waals surface area contributed by atoms with Crippen LogP contribution in [-0.4, -0.2) is 42.1 Å². The first-order chi connectivity index (χ1) is 14.2. The van der Waals surface area contributed by atoms with E-state index in [0.29, 0.717) is 32.5 Å². The molecule has 4 aliphatic rings. The van der Waals surface area contributed by atoms with Crippen molar-refractivity contribution >= 4 is 12.0 Å². The third kappa shape index (κ3) is 3.34. The maximum Gasteiger partial charge on any atom is 0.416 e. The molecular formula is C22H25F3N2O3. The number of hydrogen-bond donors (Lipinski definition) is 1. The van der Waals surface area contributed by atoms with E-state index in [0.717, 1.165) is 37.3 Å². The summed E-state index contributed by atoms with van der Waals surface area (Å²) < 4.78 is 43.9. The number of halogens is 3. The quantitative estimate of drug-likeness (QED) is 0.781. The van der Waals surface area contributed by atoms with Gasteiger partial charge in [0.05, 0.1) is 11.1 Å². The summed E-state index contributed by atoms with van der Waals surface area (Å²) in [6.45, 7) is 1.76. The van der Waals surface area contributed by atoms with Crippen molar-refractivity contribution in [2.45, 2.75) is 56.2 Å². The third-order valence-corrected chi connectivity index (χ3v) is 7.65. The van der Waals surface area contributed by atoms with Crippen molar-refractivity contribution in [1.82, 2.24) is 10.2 Å². The van der Waals surface area contributed by atoms with Gasteiger partial charge < -0.3 is 15.0 Å². The van der Waals surface area contributed by atoms with Gasteiger partial charge in [-0.3, -0.25) is 4.79 Å². The minimum absolute atomic E-state index is 0.0553. The lowest BCUT2D eigenvalue weighted by Gasteiger charge is -2.53. The van der Waals surface area contributed by atoms with Crippen LogP contribution in [0.3, 0.4) is 0 Å². The van der Waals surface area contributed by atoms with E-state index in [1.165, 1.54) is 12.1 Å². The number of rotatable bonds is 2. The number of cyclic esters (lactones) is 1. The van der Waals surface area contributed by atoms with Gasteiger partial charge in [-0.15, -0.1) is 0 Å². The van der Waals surface area contributed by atoms with Crippen LogP contribution in [-0.2, 0) is 15.7 Å². The molecule has 0 aromatic heterocycles. The average molecular weight is 422 g/mol. The molecule has 0 radical (unpaired) electrons. The summed E-state index contributed by atoms with van der Waals surface area (Å²) in [5.74, 6) is 0.276. The number of alkyl halides is 3. The number of piperidine rings is 1. The Bertz CT molecular complexity index is 863. The number of ether oxygens (including phenoxy) is 1. The number of hydrogen-bond acceptors (Lipinski definition) is 3. The van der Waals surface area contributed by atoms with Gasteiger partial charge in [0.2, 0.25) is 5.91 Å². The zero-order valence-corrected chi connectivity index (χ0v) is 16.6. The number of nitrogens with one attached hydrogen (secondary N) is 1. The first kappa shape index (κ1) is 19.7. The zero-order chi connectivity index (χ0) is 21.1. The number of nitrogens with zero attached hydrogens (tertiary/aromatic N) is 1. The summed E-state index contributed by atoms with van der Waals surface area (Å²) in [5, 5.41) is 2.82. The van der Waals surface area contributed by atoms with Gasteiger partial charge in [0.15, 0.2) is 0 Å². The number of carbonyl (C=O) groups is 2. The second-order valence-electron chi connectivity index (χ2n) is 9.64. The van der Waals surface area contributed by atoms with Crippen molar-refractivity contribution in [1.29, 1.82) is 0 Å². The lowest BCUT2D eigenvalue weighted by Crippen LogP contribution is -2.59. The van der Waals surface area contributed by atoms with Crippen LogP contribution in [0.15, 0.2) is 24.3 Å². The van der Waals surface area contributed by atoms with Gasteiger partial charge in [0, 0.05) is 19.0 Å². The van der Waals surface area contributed by atoms with Crippen LogP contribution < -0.4 is 5.32 Å². The normalized spacial score (nSPS) is 25.6. The summed E-state index contributed by atoms with van der Waals surface area (Å²) in [7, 11) is 0. The highest BCUT2D eigenvalue weighted by Crippen LogP contribution is 2.57. The van der Waals surface area contributed by atoms with E-state index in [4.69, 9.17) is 4.74 Å². The summed E-state index contributed by atoms with van der Waals surface area (Å²) in [6, 6.07) is 5.70. The first-order valence-electron chi connectivity index (χ1n) is 10.6. The Morgan fingerprint density at radius 3 is 2.43 bits per heavy atom. The molecule has 1 N–H and O–H groups in total. The molecule has 2 spiro atoms. The molecule has 0 bridgehead atoms. The van der Waals surface area contributed by atoms with Crippen molar-refractivity contribution in [2.24, 2.45) is 11.3 Å². The maximum atomic E-state index is 13.0. The summed E-state index contributed by atoms with van der Waals surface area (Å²) >= 11 is 0. The fourth-order valence-electron chi connectivity index (χ4n) is 5.83. The molecule has 2 aliphatic heterocycles. The minimum atomic E-state index is -4.31. The van der Waals surface area contributed by atoms with Crippen LogP contribution in [0.1, 0.15) is 55.6 Å². The monoisotopic (exact) mass is 422 g/mol. The lowest BCUT2D eigenvalue weighted by atomic mass is 9.56. The SMILES string of the molecule is O=C1N[C@]2(CO1)C[C@H](C(=O)N1CCC3(CC1)CC(c1cccc(C(F)(F)F)c1)C3)C2. The van der Waals surface area contributed by atoms with Crippen LogP contribution in [0.4, 0.5) is 18.0 Å². The molecule has 1 aromatic carbocycles. The molecule has 0 atom stereocenters. The third-order valence-electron chi connectivity index (χ3n) is 7.65. The van der Waals surface area contributed by atoms with Gasteiger partial charge in [-0.1, -0.05) is 18.2 Å². The summed E-state index contributed by atoms with van der Waals surface area (Å²) in [5.41, 5.74) is 0.00250. The standard InChI is InChI=1S/C22H25F3N2O3/c23-22(24,25)17-3-1-2-14(8-17)15-9-20(10-15)4-6-27(7-5-20)18(28)16-11-21(12-16)13-30-19(29)26-21/h1-3,8,15-16H,4-7,9-13H2,(H,26,29)/t16-,21+. The molecule has 5 rings (SSSR count). The number of benzene rings is 1. The van der Waals surface area contributed by atoms with Crippen LogP contribution in [0.2, 0.25) is 0 Å². The molecule has 2 amide bonds. The Morgan fingerprint density at radius 2 is 1.83 bits per heavy atom. The molecule has 2 saturated heterocycles. The molecule has 4 fully saturated rings. The Labute approximate surface area is 172 Å². The average Bonchev–Trinajstić information content (AvgIpc) is 3.06. The van der Waals surface area contributed by atoms with E-state index in [9.17, 15) is 22.8 Å². The molecule has 2 saturated carbocycles. The topological polar surface area (TPSA) is 58.6 Å². The molecule has 2 aliphatic carbocycles. The predicted octanol–water partition coefficient (Wildman–Crippen LogP) is 4.08. The Hall–Kier alpha value is -2.25. The molecule has 0 unspecified atom stereocenters. The maximum absolute atomic E-state index is 13.0. The van der Waals surface area contributed by atoms with Gasteiger partial charge in [-0.25, -0.2) is 4.79 Å². The van der Waals surface area contributed by atoms with E-state index < -0.39 is 17.8 Å². The van der Waals surface area contributed by atoms with Crippen molar-refractivity contribution in [3.8, 4) is 0 Å². The highest BCUT2D eigenvalue weighted by atomic mass is 19.4.